The van der Waals surface area contributed by atoms with Gasteiger partial charge < -0.3 is 0 Å². The van der Waals surface area contributed by atoms with Crippen LogP contribution >= 0.6 is 22.9 Å². The number of rotatable bonds is 2. The molecule has 0 amide bonds. The minimum atomic E-state index is 0.285. The van der Waals surface area contributed by atoms with Gasteiger partial charge in [-0.25, -0.2) is 0 Å². The van der Waals surface area contributed by atoms with Gasteiger partial charge in [-0.05, 0) is 30.2 Å². The Morgan fingerprint density at radius 2 is 2.17 bits per heavy atom. The summed E-state index contributed by atoms with van der Waals surface area (Å²) in [6.07, 6.45) is 5.40. The zero-order chi connectivity index (χ0) is 8.39. The third-order valence-corrected chi connectivity index (χ3v) is 4.30. The van der Waals surface area contributed by atoms with Crippen LogP contribution in [0.3, 0.4) is 0 Å². The average molecular weight is 201 g/mol. The molecule has 0 radical (unpaired) electrons. The van der Waals surface area contributed by atoms with E-state index in [2.05, 4.69) is 17.5 Å². The number of alkyl halides is 1. The van der Waals surface area contributed by atoms with Gasteiger partial charge in [0, 0.05) is 4.88 Å². The Morgan fingerprint density at radius 1 is 1.42 bits per heavy atom. The summed E-state index contributed by atoms with van der Waals surface area (Å²) in [5.41, 5.74) is 0. The largest absolute Gasteiger partial charge is 0.147 e. The lowest BCUT2D eigenvalue weighted by Gasteiger charge is -2.14. The van der Waals surface area contributed by atoms with Crippen LogP contribution in [0.5, 0.6) is 0 Å². The summed E-state index contributed by atoms with van der Waals surface area (Å²) in [6.45, 7) is 0. The number of thiophene rings is 1. The minimum absolute atomic E-state index is 0.285. The van der Waals surface area contributed by atoms with Gasteiger partial charge >= 0.3 is 0 Å². The van der Waals surface area contributed by atoms with Crippen molar-refractivity contribution in [3.8, 4) is 0 Å². The van der Waals surface area contributed by atoms with Crippen LogP contribution in [-0.2, 0) is 0 Å². The van der Waals surface area contributed by atoms with E-state index in [0.717, 1.165) is 5.92 Å². The molecule has 2 rings (SSSR count). The molecule has 1 saturated carbocycles. The van der Waals surface area contributed by atoms with Gasteiger partial charge in [0.15, 0.2) is 0 Å². The lowest BCUT2D eigenvalue weighted by atomic mass is 10.0. The fourth-order valence-corrected chi connectivity index (χ4v) is 3.20. The van der Waals surface area contributed by atoms with Crippen LogP contribution in [0.1, 0.15) is 35.9 Å². The van der Waals surface area contributed by atoms with E-state index in [-0.39, 0.29) is 5.38 Å². The number of hydrogen-bond acceptors (Lipinski definition) is 1. The lowest BCUT2D eigenvalue weighted by molar-refractivity contribution is 0.534. The summed E-state index contributed by atoms with van der Waals surface area (Å²) in [5, 5.41) is 2.40. The fourth-order valence-electron chi connectivity index (χ4n) is 1.93. The van der Waals surface area contributed by atoms with Crippen molar-refractivity contribution >= 4 is 22.9 Å². The molecule has 1 aliphatic carbocycles. The van der Waals surface area contributed by atoms with Gasteiger partial charge in [-0.1, -0.05) is 18.9 Å². The third kappa shape index (κ3) is 1.67. The standard InChI is InChI=1S/C10H13ClS/c11-10(8-4-1-2-5-8)9-6-3-7-12-9/h3,6-8,10H,1-2,4-5H2. The summed E-state index contributed by atoms with van der Waals surface area (Å²) in [6, 6.07) is 4.24. The smallest absolute Gasteiger partial charge is 0.0706 e. The Kier molecular flexibility index (Phi) is 2.72. The van der Waals surface area contributed by atoms with Crippen molar-refractivity contribution in [1.29, 1.82) is 0 Å². The van der Waals surface area contributed by atoms with Gasteiger partial charge in [0.2, 0.25) is 0 Å². The summed E-state index contributed by atoms with van der Waals surface area (Å²) in [7, 11) is 0. The highest BCUT2D eigenvalue weighted by molar-refractivity contribution is 7.10. The molecule has 1 aromatic rings. The van der Waals surface area contributed by atoms with Crippen LogP contribution in [-0.4, -0.2) is 0 Å². The predicted molar refractivity (Wildman–Crippen MR) is 54.9 cm³/mol. The molecule has 0 bridgehead atoms. The Hall–Kier alpha value is -0.0100. The fraction of sp³-hybridized carbons (Fsp3) is 0.600. The summed E-state index contributed by atoms with van der Waals surface area (Å²) >= 11 is 8.15. The quantitative estimate of drug-likeness (QED) is 0.628. The molecule has 1 aliphatic rings. The first kappa shape index (κ1) is 8.58. The summed E-state index contributed by atoms with van der Waals surface area (Å²) < 4.78 is 0. The van der Waals surface area contributed by atoms with Crippen molar-refractivity contribution in [3.63, 3.8) is 0 Å². The number of hydrogen-bond donors (Lipinski definition) is 0. The summed E-state index contributed by atoms with van der Waals surface area (Å²) in [4.78, 5) is 1.35. The molecule has 1 unspecified atom stereocenters. The minimum Gasteiger partial charge on any atom is -0.147 e. The molecule has 1 aromatic heterocycles. The van der Waals surface area contributed by atoms with E-state index in [0.29, 0.717) is 0 Å². The molecule has 1 heterocycles. The van der Waals surface area contributed by atoms with E-state index in [1.54, 1.807) is 11.3 Å². The summed E-state index contributed by atoms with van der Waals surface area (Å²) in [5.74, 6) is 0.741. The van der Waals surface area contributed by atoms with E-state index in [1.165, 1.54) is 30.6 Å². The molecule has 0 N–H and O–H groups in total. The van der Waals surface area contributed by atoms with Crippen LogP contribution in [0.25, 0.3) is 0 Å². The first-order chi connectivity index (χ1) is 5.88. The highest BCUT2D eigenvalue weighted by Crippen LogP contribution is 2.41. The van der Waals surface area contributed by atoms with Gasteiger partial charge in [0.1, 0.15) is 0 Å². The van der Waals surface area contributed by atoms with Crippen molar-refractivity contribution in [3.05, 3.63) is 22.4 Å². The molecule has 2 heteroatoms. The van der Waals surface area contributed by atoms with Crippen molar-refractivity contribution in [2.75, 3.05) is 0 Å². The second-order valence-electron chi connectivity index (χ2n) is 3.46. The molecule has 1 atom stereocenters. The van der Waals surface area contributed by atoms with E-state index in [9.17, 15) is 0 Å². The maximum atomic E-state index is 6.36. The number of halogens is 1. The first-order valence-electron chi connectivity index (χ1n) is 4.55. The predicted octanol–water partition coefficient (Wildman–Crippen LogP) is 4.22. The van der Waals surface area contributed by atoms with Gasteiger partial charge in [0.25, 0.3) is 0 Å². The second-order valence-corrected chi connectivity index (χ2v) is 4.91. The van der Waals surface area contributed by atoms with Crippen LogP contribution in [0.2, 0.25) is 0 Å². The molecule has 0 aromatic carbocycles. The van der Waals surface area contributed by atoms with E-state index < -0.39 is 0 Å². The molecule has 0 nitrogen and oxygen atoms in total. The van der Waals surface area contributed by atoms with Crippen LogP contribution in [0, 0.1) is 5.92 Å². The van der Waals surface area contributed by atoms with E-state index in [1.807, 2.05) is 0 Å². The lowest BCUT2D eigenvalue weighted by Crippen LogP contribution is -2.00. The monoisotopic (exact) mass is 200 g/mol. The zero-order valence-corrected chi connectivity index (χ0v) is 8.57. The topological polar surface area (TPSA) is 0 Å². The highest BCUT2D eigenvalue weighted by Gasteiger charge is 2.24. The van der Waals surface area contributed by atoms with Crippen LogP contribution in [0.4, 0.5) is 0 Å². The first-order valence-corrected chi connectivity index (χ1v) is 5.87. The van der Waals surface area contributed by atoms with Gasteiger partial charge in [-0.3, -0.25) is 0 Å². The van der Waals surface area contributed by atoms with Crippen molar-refractivity contribution in [2.45, 2.75) is 31.1 Å². The maximum absolute atomic E-state index is 6.36. The van der Waals surface area contributed by atoms with Crippen molar-refractivity contribution in [2.24, 2.45) is 5.92 Å². The Morgan fingerprint density at radius 3 is 2.75 bits per heavy atom. The second kappa shape index (κ2) is 3.80. The zero-order valence-electron chi connectivity index (χ0n) is 7.00. The SMILES string of the molecule is ClC(c1cccs1)C1CCCC1. The third-order valence-electron chi connectivity index (χ3n) is 2.63. The molecule has 12 heavy (non-hydrogen) atoms. The Bertz CT molecular complexity index is 224. The van der Waals surface area contributed by atoms with Gasteiger partial charge in [-0.2, -0.15) is 0 Å². The van der Waals surface area contributed by atoms with Crippen LogP contribution in [0.15, 0.2) is 17.5 Å². The Balaban J connectivity index is 2.04. The molecular formula is C10H13ClS. The normalized spacial score (nSPS) is 21.4. The molecule has 0 aliphatic heterocycles. The van der Waals surface area contributed by atoms with Gasteiger partial charge in [-0.15, -0.1) is 22.9 Å². The molecular weight excluding hydrogens is 188 g/mol. The molecule has 66 valence electrons. The molecule has 1 fully saturated rings. The maximum Gasteiger partial charge on any atom is 0.0706 e. The van der Waals surface area contributed by atoms with Crippen LogP contribution < -0.4 is 0 Å². The van der Waals surface area contributed by atoms with Crippen molar-refractivity contribution < 1.29 is 0 Å². The molecule has 0 spiro atoms. The van der Waals surface area contributed by atoms with Crippen molar-refractivity contribution in [1.82, 2.24) is 0 Å². The van der Waals surface area contributed by atoms with E-state index in [4.69, 9.17) is 11.6 Å². The average Bonchev–Trinajstić information content (AvgIpc) is 2.77. The molecule has 0 saturated heterocycles. The highest BCUT2D eigenvalue weighted by atomic mass is 35.5. The van der Waals surface area contributed by atoms with E-state index >= 15 is 0 Å². The Labute approximate surface area is 82.6 Å². The van der Waals surface area contributed by atoms with Gasteiger partial charge in [0.05, 0.1) is 5.38 Å².